The van der Waals surface area contributed by atoms with E-state index < -0.39 is 0 Å². The Morgan fingerprint density at radius 1 is 1.53 bits per heavy atom. The molecule has 0 aliphatic heterocycles. The van der Waals surface area contributed by atoms with Gasteiger partial charge in [-0.2, -0.15) is 0 Å². The van der Waals surface area contributed by atoms with Crippen molar-refractivity contribution in [2.24, 2.45) is 0 Å². The lowest BCUT2D eigenvalue weighted by Crippen LogP contribution is -2.03. The van der Waals surface area contributed by atoms with Crippen LogP contribution in [0.2, 0.25) is 0 Å². The molecule has 2 rings (SSSR count). The standard InChI is InChI=1S/C10H10BrN3O/c11-8-3-9(12)10(14-5-8)13-4-7-1-2-15-6-7/h1-3,5-6H,4,12H2,(H,13,14). The number of halogens is 1. The number of anilines is 2. The molecule has 2 heterocycles. The number of nitrogens with two attached hydrogens (primary N) is 1. The summed E-state index contributed by atoms with van der Waals surface area (Å²) in [5.41, 5.74) is 7.46. The highest BCUT2D eigenvalue weighted by Gasteiger charge is 2.01. The molecular formula is C10H10BrN3O. The van der Waals surface area contributed by atoms with E-state index in [9.17, 15) is 0 Å². The van der Waals surface area contributed by atoms with Crippen LogP contribution in [0.1, 0.15) is 5.56 Å². The van der Waals surface area contributed by atoms with Gasteiger partial charge >= 0.3 is 0 Å². The molecule has 2 aromatic heterocycles. The molecule has 0 saturated carbocycles. The molecular weight excluding hydrogens is 258 g/mol. The Kier molecular flexibility index (Phi) is 2.91. The minimum atomic E-state index is 0.618. The lowest BCUT2D eigenvalue weighted by molar-refractivity contribution is 0.564. The first-order valence-electron chi connectivity index (χ1n) is 4.41. The summed E-state index contributed by atoms with van der Waals surface area (Å²) in [7, 11) is 0. The Hall–Kier alpha value is -1.49. The molecule has 0 aliphatic carbocycles. The maximum Gasteiger partial charge on any atom is 0.149 e. The predicted molar refractivity (Wildman–Crippen MR) is 62.4 cm³/mol. The van der Waals surface area contributed by atoms with Crippen LogP contribution in [-0.2, 0) is 6.54 Å². The first-order chi connectivity index (χ1) is 7.25. The lowest BCUT2D eigenvalue weighted by Gasteiger charge is -2.06. The summed E-state index contributed by atoms with van der Waals surface area (Å²) < 4.78 is 5.82. The SMILES string of the molecule is Nc1cc(Br)cnc1NCc1ccoc1. The van der Waals surface area contributed by atoms with E-state index in [2.05, 4.69) is 26.2 Å². The second-order valence-corrected chi connectivity index (χ2v) is 3.99. The Morgan fingerprint density at radius 2 is 2.40 bits per heavy atom. The fraction of sp³-hybridized carbons (Fsp3) is 0.100. The van der Waals surface area contributed by atoms with E-state index in [0.717, 1.165) is 10.0 Å². The second-order valence-electron chi connectivity index (χ2n) is 3.08. The molecule has 0 radical (unpaired) electrons. The molecule has 0 atom stereocenters. The molecule has 0 amide bonds. The number of nitrogens with zero attached hydrogens (tertiary/aromatic N) is 1. The average molecular weight is 268 g/mol. The molecule has 0 saturated heterocycles. The zero-order chi connectivity index (χ0) is 10.7. The largest absolute Gasteiger partial charge is 0.472 e. The maximum atomic E-state index is 5.78. The zero-order valence-corrected chi connectivity index (χ0v) is 9.49. The van der Waals surface area contributed by atoms with Crippen molar-refractivity contribution >= 4 is 27.4 Å². The molecule has 78 valence electrons. The molecule has 0 spiro atoms. The number of pyridine rings is 1. The van der Waals surface area contributed by atoms with Gasteiger partial charge in [-0.15, -0.1) is 0 Å². The van der Waals surface area contributed by atoms with Crippen molar-refractivity contribution in [2.75, 3.05) is 11.1 Å². The molecule has 0 aliphatic rings. The molecule has 0 unspecified atom stereocenters. The van der Waals surface area contributed by atoms with Crippen molar-refractivity contribution in [1.82, 2.24) is 4.98 Å². The van der Waals surface area contributed by atoms with E-state index in [1.807, 2.05) is 12.1 Å². The summed E-state index contributed by atoms with van der Waals surface area (Å²) in [5.74, 6) is 0.680. The maximum absolute atomic E-state index is 5.78. The highest BCUT2D eigenvalue weighted by atomic mass is 79.9. The quantitative estimate of drug-likeness (QED) is 0.898. The van der Waals surface area contributed by atoms with Crippen LogP contribution in [0.25, 0.3) is 0 Å². The van der Waals surface area contributed by atoms with Crippen LogP contribution in [-0.4, -0.2) is 4.98 Å². The number of aromatic nitrogens is 1. The molecule has 4 nitrogen and oxygen atoms in total. The van der Waals surface area contributed by atoms with Crippen molar-refractivity contribution in [3.63, 3.8) is 0 Å². The van der Waals surface area contributed by atoms with Gasteiger partial charge < -0.3 is 15.5 Å². The summed E-state index contributed by atoms with van der Waals surface area (Å²) in [6.45, 7) is 0.648. The van der Waals surface area contributed by atoms with Gasteiger partial charge in [0.05, 0.1) is 18.2 Å². The Balaban J connectivity index is 2.05. The van der Waals surface area contributed by atoms with Gasteiger partial charge in [-0.1, -0.05) is 0 Å². The van der Waals surface area contributed by atoms with Gasteiger partial charge in [-0.05, 0) is 28.1 Å². The minimum Gasteiger partial charge on any atom is -0.472 e. The van der Waals surface area contributed by atoms with Crippen LogP contribution in [0.3, 0.4) is 0 Å². The number of furan rings is 1. The van der Waals surface area contributed by atoms with Gasteiger partial charge in [0.1, 0.15) is 5.82 Å². The normalized spacial score (nSPS) is 10.2. The van der Waals surface area contributed by atoms with Gasteiger partial charge in [0, 0.05) is 22.8 Å². The number of nitrogens with one attached hydrogen (secondary N) is 1. The zero-order valence-electron chi connectivity index (χ0n) is 7.90. The minimum absolute atomic E-state index is 0.618. The van der Waals surface area contributed by atoms with Gasteiger partial charge in [-0.25, -0.2) is 4.98 Å². The van der Waals surface area contributed by atoms with Crippen molar-refractivity contribution in [3.05, 3.63) is 40.9 Å². The number of hydrogen-bond acceptors (Lipinski definition) is 4. The smallest absolute Gasteiger partial charge is 0.149 e. The van der Waals surface area contributed by atoms with E-state index in [1.54, 1.807) is 18.7 Å². The number of nitrogen functional groups attached to an aromatic ring is 1. The van der Waals surface area contributed by atoms with Gasteiger partial charge in [0.2, 0.25) is 0 Å². The number of hydrogen-bond donors (Lipinski definition) is 2. The summed E-state index contributed by atoms with van der Waals surface area (Å²) in [5, 5.41) is 3.13. The monoisotopic (exact) mass is 267 g/mol. The van der Waals surface area contributed by atoms with E-state index in [4.69, 9.17) is 10.2 Å². The third kappa shape index (κ3) is 2.50. The Morgan fingerprint density at radius 3 is 3.07 bits per heavy atom. The Bertz CT molecular complexity index is 442. The van der Waals surface area contributed by atoms with Crippen LogP contribution >= 0.6 is 15.9 Å². The fourth-order valence-electron chi connectivity index (χ4n) is 1.18. The Labute approximate surface area is 95.6 Å². The van der Waals surface area contributed by atoms with Gasteiger partial charge in [0.15, 0.2) is 0 Å². The number of rotatable bonds is 3. The molecule has 0 aromatic carbocycles. The van der Waals surface area contributed by atoms with Gasteiger partial charge in [-0.3, -0.25) is 0 Å². The highest BCUT2D eigenvalue weighted by Crippen LogP contribution is 2.20. The molecule has 0 fully saturated rings. The van der Waals surface area contributed by atoms with Crippen LogP contribution in [0, 0.1) is 0 Å². The third-order valence-corrected chi connectivity index (χ3v) is 2.36. The van der Waals surface area contributed by atoms with E-state index in [-0.39, 0.29) is 0 Å². The van der Waals surface area contributed by atoms with E-state index in [1.165, 1.54) is 0 Å². The average Bonchev–Trinajstić information content (AvgIpc) is 2.69. The van der Waals surface area contributed by atoms with Crippen LogP contribution in [0.4, 0.5) is 11.5 Å². The molecule has 0 bridgehead atoms. The first-order valence-corrected chi connectivity index (χ1v) is 5.21. The summed E-state index contributed by atoms with van der Waals surface area (Å²) in [4.78, 5) is 4.16. The molecule has 3 N–H and O–H groups in total. The third-order valence-electron chi connectivity index (χ3n) is 1.92. The van der Waals surface area contributed by atoms with Crippen LogP contribution in [0.15, 0.2) is 39.7 Å². The van der Waals surface area contributed by atoms with Crippen LogP contribution in [0.5, 0.6) is 0 Å². The first kappa shape index (κ1) is 10.0. The van der Waals surface area contributed by atoms with Crippen LogP contribution < -0.4 is 11.1 Å². The summed E-state index contributed by atoms with van der Waals surface area (Å²) in [6.07, 6.45) is 5.02. The van der Waals surface area contributed by atoms with Crippen molar-refractivity contribution in [2.45, 2.75) is 6.54 Å². The summed E-state index contributed by atoms with van der Waals surface area (Å²) >= 11 is 3.30. The van der Waals surface area contributed by atoms with Crippen molar-refractivity contribution in [1.29, 1.82) is 0 Å². The van der Waals surface area contributed by atoms with Gasteiger partial charge in [0.25, 0.3) is 0 Å². The topological polar surface area (TPSA) is 64.1 Å². The molecule has 2 aromatic rings. The van der Waals surface area contributed by atoms with E-state index in [0.29, 0.717) is 18.1 Å². The second kappa shape index (κ2) is 4.35. The predicted octanol–water partition coefficient (Wildman–Crippen LogP) is 2.63. The van der Waals surface area contributed by atoms with Crippen molar-refractivity contribution in [3.8, 4) is 0 Å². The molecule has 15 heavy (non-hydrogen) atoms. The highest BCUT2D eigenvalue weighted by molar-refractivity contribution is 9.10. The lowest BCUT2D eigenvalue weighted by atomic mass is 10.3. The summed E-state index contributed by atoms with van der Waals surface area (Å²) in [6, 6.07) is 3.70. The molecule has 5 heteroatoms. The van der Waals surface area contributed by atoms with Crippen molar-refractivity contribution < 1.29 is 4.42 Å². The fourth-order valence-corrected chi connectivity index (χ4v) is 1.53. The van der Waals surface area contributed by atoms with E-state index >= 15 is 0 Å².